The fraction of sp³-hybridized carbons (Fsp3) is 0.614. The minimum atomic E-state index is -4.75. The second-order valence-electron chi connectivity index (χ2n) is 13.6. The molecule has 0 bridgehead atoms. The summed E-state index contributed by atoms with van der Waals surface area (Å²) >= 11 is 0. The molecule has 0 spiro atoms. The maximum absolute atomic E-state index is 12.6. The number of aliphatic hydroxyl groups is 1. The number of unbranched alkanes of at least 4 members (excludes halogenated alkanes) is 9. The highest BCUT2D eigenvalue weighted by molar-refractivity contribution is 7.47. The molecule has 0 aliphatic rings. The van der Waals surface area contributed by atoms with Crippen molar-refractivity contribution in [1.82, 2.24) is 0 Å². The van der Waals surface area contributed by atoms with Crippen LogP contribution in [0, 0.1) is 0 Å². The molecule has 0 fully saturated rings. The lowest BCUT2D eigenvalue weighted by Gasteiger charge is -2.20. The van der Waals surface area contributed by atoms with E-state index in [0.29, 0.717) is 32.1 Å². The van der Waals surface area contributed by atoms with Crippen LogP contribution < -0.4 is 5.73 Å². The van der Waals surface area contributed by atoms with Gasteiger partial charge in [0, 0.05) is 12.8 Å². The van der Waals surface area contributed by atoms with Crippen LogP contribution in [0.2, 0.25) is 0 Å². The van der Waals surface area contributed by atoms with Crippen molar-refractivity contribution >= 4 is 25.7 Å². The summed E-state index contributed by atoms with van der Waals surface area (Å²) in [6, 6.07) is -1.55. The standard InChI is InChI=1S/C44H72NO11P/c1-3-5-7-9-11-12-13-14-15-16-17-18-22-26-30-34-42(47)53-36-40(37-54-57(51,52)55-38-41(45)44(49)50)56-43(48)35-31-27-23-20-19-21-25-29-33-39(46)32-28-24-10-8-6-4-2/h5,7,11-12,14-15,20-21,23-25,28-29,33,39-41,46H,3-4,6,8-10,13,16-19,22,26-27,30-32,34-38,45H2,1-2H3,(H,49,50)(H,51,52)/b7-5-,12-11-,15-14-,23-20-,25-21-,28-24-,33-29+/t39-,40+,41-/m0/s1. The lowest BCUT2D eigenvalue weighted by Crippen LogP contribution is -2.34. The maximum atomic E-state index is 12.6. The second kappa shape index (κ2) is 38.2. The third kappa shape index (κ3) is 37.9. The molecule has 4 atom stereocenters. The van der Waals surface area contributed by atoms with E-state index in [-0.39, 0.29) is 12.8 Å². The molecule has 324 valence electrons. The molecule has 0 heterocycles. The number of carbonyl (C=O) groups excluding carboxylic acids is 2. The molecule has 0 radical (unpaired) electrons. The summed E-state index contributed by atoms with van der Waals surface area (Å²) in [6.07, 6.45) is 42.5. The van der Waals surface area contributed by atoms with E-state index in [0.717, 1.165) is 57.8 Å². The number of hydrogen-bond donors (Lipinski definition) is 4. The van der Waals surface area contributed by atoms with Gasteiger partial charge in [-0.2, -0.15) is 0 Å². The van der Waals surface area contributed by atoms with E-state index in [1.54, 1.807) is 6.08 Å². The van der Waals surface area contributed by atoms with Crippen molar-refractivity contribution in [2.75, 3.05) is 19.8 Å². The van der Waals surface area contributed by atoms with E-state index in [9.17, 15) is 28.9 Å². The summed E-state index contributed by atoms with van der Waals surface area (Å²) in [5, 5.41) is 18.9. The molecule has 1 unspecified atom stereocenters. The van der Waals surface area contributed by atoms with E-state index in [4.69, 9.17) is 24.8 Å². The first-order valence-corrected chi connectivity index (χ1v) is 22.2. The molecule has 0 aliphatic carbocycles. The Morgan fingerprint density at radius 1 is 0.649 bits per heavy atom. The van der Waals surface area contributed by atoms with Crippen LogP contribution in [0.4, 0.5) is 0 Å². The number of esters is 2. The minimum Gasteiger partial charge on any atom is -0.480 e. The van der Waals surface area contributed by atoms with Crippen LogP contribution in [0.1, 0.15) is 136 Å². The second-order valence-corrected chi connectivity index (χ2v) is 15.0. The van der Waals surface area contributed by atoms with Gasteiger partial charge in [0.1, 0.15) is 12.6 Å². The maximum Gasteiger partial charge on any atom is 0.472 e. The number of allylic oxidation sites excluding steroid dienone is 12. The van der Waals surface area contributed by atoms with Gasteiger partial charge < -0.3 is 30.3 Å². The Bertz CT molecular complexity index is 1300. The molecule has 13 heteroatoms. The highest BCUT2D eigenvalue weighted by Gasteiger charge is 2.28. The number of ether oxygens (including phenoxy) is 2. The summed E-state index contributed by atoms with van der Waals surface area (Å²) in [5.74, 6) is -2.54. The molecule has 57 heavy (non-hydrogen) atoms. The monoisotopic (exact) mass is 821 g/mol. The molecule has 0 rings (SSSR count). The summed E-state index contributed by atoms with van der Waals surface area (Å²) in [6.45, 7) is 2.48. The molecule has 0 amide bonds. The Morgan fingerprint density at radius 2 is 1.21 bits per heavy atom. The van der Waals surface area contributed by atoms with Gasteiger partial charge in [0.2, 0.25) is 0 Å². The van der Waals surface area contributed by atoms with E-state index >= 15 is 0 Å². The number of carboxylic acids is 1. The van der Waals surface area contributed by atoms with E-state index < -0.39 is 63.8 Å². The summed E-state index contributed by atoms with van der Waals surface area (Å²) in [4.78, 5) is 45.9. The lowest BCUT2D eigenvalue weighted by molar-refractivity contribution is -0.161. The number of phosphoric acid groups is 1. The number of aliphatic carboxylic acids is 1. The minimum absolute atomic E-state index is 0.0445. The van der Waals surface area contributed by atoms with Crippen LogP contribution in [0.15, 0.2) is 85.1 Å². The topological polar surface area (TPSA) is 192 Å². The molecule has 5 N–H and O–H groups in total. The van der Waals surface area contributed by atoms with Crippen LogP contribution in [0.3, 0.4) is 0 Å². The average molecular weight is 822 g/mol. The van der Waals surface area contributed by atoms with Gasteiger partial charge in [-0.05, 0) is 77.0 Å². The van der Waals surface area contributed by atoms with Crippen LogP contribution in [0.5, 0.6) is 0 Å². The zero-order chi connectivity index (χ0) is 42.2. The molecule has 0 aromatic carbocycles. The van der Waals surface area contributed by atoms with Gasteiger partial charge in [-0.15, -0.1) is 0 Å². The van der Waals surface area contributed by atoms with Crippen molar-refractivity contribution in [3.8, 4) is 0 Å². The fourth-order valence-corrected chi connectivity index (χ4v) is 5.70. The Kier molecular flexibility index (Phi) is 35.9. The Balaban J connectivity index is 4.61. The number of hydrogen-bond acceptors (Lipinski definition) is 10. The van der Waals surface area contributed by atoms with Gasteiger partial charge in [-0.25, -0.2) is 4.57 Å². The fourth-order valence-electron chi connectivity index (χ4n) is 4.92. The summed E-state index contributed by atoms with van der Waals surface area (Å²) < 4.78 is 32.5. The van der Waals surface area contributed by atoms with Gasteiger partial charge in [0.15, 0.2) is 6.10 Å². The molecular weight excluding hydrogens is 749 g/mol. The smallest absolute Gasteiger partial charge is 0.472 e. The Morgan fingerprint density at radius 3 is 1.89 bits per heavy atom. The predicted octanol–water partition coefficient (Wildman–Crippen LogP) is 9.69. The number of carbonyl (C=O) groups is 3. The lowest BCUT2D eigenvalue weighted by atomic mass is 10.1. The van der Waals surface area contributed by atoms with Crippen molar-refractivity contribution in [3.05, 3.63) is 85.1 Å². The number of phosphoric ester groups is 1. The predicted molar refractivity (Wildman–Crippen MR) is 227 cm³/mol. The highest BCUT2D eigenvalue weighted by atomic mass is 31.2. The van der Waals surface area contributed by atoms with Gasteiger partial charge >= 0.3 is 25.7 Å². The average Bonchev–Trinajstić information content (AvgIpc) is 3.18. The zero-order valence-corrected chi connectivity index (χ0v) is 35.4. The van der Waals surface area contributed by atoms with Crippen LogP contribution >= 0.6 is 7.82 Å². The van der Waals surface area contributed by atoms with Crippen molar-refractivity contribution in [3.63, 3.8) is 0 Å². The SMILES string of the molecule is CC/C=C\C/C=C\C/C=C\CCCCCCCC(=O)OC[C@H](COP(=O)(O)OC[C@H](N)C(=O)O)OC(=O)CCC/C=C\C/C=C\C=C\[C@@H](O)C/C=C\CCCCC. The summed E-state index contributed by atoms with van der Waals surface area (Å²) in [5.41, 5.74) is 5.32. The molecule has 12 nitrogen and oxygen atoms in total. The summed E-state index contributed by atoms with van der Waals surface area (Å²) in [7, 11) is -4.75. The third-order valence-electron chi connectivity index (χ3n) is 8.21. The number of aliphatic hydroxyl groups excluding tert-OH is 1. The van der Waals surface area contributed by atoms with Gasteiger partial charge in [0.05, 0.1) is 19.3 Å². The number of nitrogens with two attached hydrogens (primary N) is 1. The van der Waals surface area contributed by atoms with Gasteiger partial charge in [-0.3, -0.25) is 23.4 Å². The molecular formula is C44H72NO11P. The normalized spacial score (nSPS) is 15.2. The Hall–Kier alpha value is -3.38. The molecule has 0 aliphatic heterocycles. The first kappa shape index (κ1) is 53.6. The van der Waals surface area contributed by atoms with Crippen molar-refractivity contribution in [2.24, 2.45) is 5.73 Å². The van der Waals surface area contributed by atoms with Crippen LogP contribution in [-0.2, 0) is 37.5 Å². The quantitative estimate of drug-likeness (QED) is 0.0153. The van der Waals surface area contributed by atoms with E-state index in [2.05, 4.69) is 60.9 Å². The molecule has 0 aromatic rings. The highest BCUT2D eigenvalue weighted by Crippen LogP contribution is 2.43. The van der Waals surface area contributed by atoms with Crippen LogP contribution in [0.25, 0.3) is 0 Å². The van der Waals surface area contributed by atoms with Crippen molar-refractivity contribution in [1.29, 1.82) is 0 Å². The first-order valence-electron chi connectivity index (χ1n) is 20.7. The van der Waals surface area contributed by atoms with E-state index in [1.165, 1.54) is 19.3 Å². The zero-order valence-electron chi connectivity index (χ0n) is 34.5. The number of rotatable bonds is 37. The van der Waals surface area contributed by atoms with Crippen LogP contribution in [-0.4, -0.2) is 71.1 Å². The third-order valence-corrected chi connectivity index (χ3v) is 9.16. The van der Waals surface area contributed by atoms with Gasteiger partial charge in [0.25, 0.3) is 0 Å². The van der Waals surface area contributed by atoms with Gasteiger partial charge in [-0.1, -0.05) is 131 Å². The Labute approximate surface area is 342 Å². The largest absolute Gasteiger partial charge is 0.480 e. The van der Waals surface area contributed by atoms with E-state index in [1.807, 2.05) is 36.5 Å². The molecule has 0 saturated carbocycles. The van der Waals surface area contributed by atoms with Crippen molar-refractivity contribution < 1.29 is 52.6 Å². The molecule has 0 aromatic heterocycles. The molecule has 0 saturated heterocycles. The number of carboxylic acid groups (broad SMARTS) is 1. The first-order chi connectivity index (χ1) is 27.5. The van der Waals surface area contributed by atoms with Crippen molar-refractivity contribution in [2.45, 2.75) is 154 Å².